The van der Waals surface area contributed by atoms with E-state index in [-0.39, 0.29) is 17.6 Å². The van der Waals surface area contributed by atoms with Gasteiger partial charge < -0.3 is 10.1 Å². The van der Waals surface area contributed by atoms with Gasteiger partial charge in [0.2, 0.25) is 5.91 Å². The minimum Gasteiger partial charge on any atom is -0.381 e. The highest BCUT2D eigenvalue weighted by Crippen LogP contribution is 2.18. The first-order valence-electron chi connectivity index (χ1n) is 6.21. The van der Waals surface area contributed by atoms with Crippen LogP contribution in [0.4, 0.5) is 4.39 Å². The van der Waals surface area contributed by atoms with E-state index in [1.54, 1.807) is 0 Å². The van der Waals surface area contributed by atoms with Crippen molar-refractivity contribution in [1.82, 2.24) is 5.32 Å². The Balaban J connectivity index is 1.93. The highest BCUT2D eigenvalue weighted by molar-refractivity contribution is 5.77. The van der Waals surface area contributed by atoms with Gasteiger partial charge in [-0.3, -0.25) is 4.79 Å². The molecule has 1 saturated heterocycles. The molecule has 4 nitrogen and oxygen atoms in total. The van der Waals surface area contributed by atoms with Crippen LogP contribution in [-0.4, -0.2) is 19.1 Å². The van der Waals surface area contributed by atoms with Crippen LogP contribution < -0.4 is 5.32 Å². The van der Waals surface area contributed by atoms with Gasteiger partial charge in [0.05, 0.1) is 6.07 Å². The molecule has 0 aromatic heterocycles. The van der Waals surface area contributed by atoms with E-state index in [0.29, 0.717) is 25.2 Å². The van der Waals surface area contributed by atoms with E-state index in [1.807, 2.05) is 6.07 Å². The van der Waals surface area contributed by atoms with E-state index < -0.39 is 6.04 Å². The number of carbonyl (C=O) groups is 1. The molecular weight excluding hydrogens is 247 g/mol. The predicted octanol–water partition coefficient (Wildman–Crippen LogP) is 1.93. The molecular formula is C14H15FN2O2. The van der Waals surface area contributed by atoms with Crippen molar-refractivity contribution in [3.05, 3.63) is 35.6 Å². The average Bonchev–Trinajstić information content (AvgIpc) is 2.90. The minimum atomic E-state index is -0.740. The summed E-state index contributed by atoms with van der Waals surface area (Å²) in [7, 11) is 0. The first-order chi connectivity index (χ1) is 9.19. The van der Waals surface area contributed by atoms with Gasteiger partial charge in [0.15, 0.2) is 0 Å². The summed E-state index contributed by atoms with van der Waals surface area (Å²) in [5, 5.41) is 11.7. The number of hydrogen-bond donors (Lipinski definition) is 1. The van der Waals surface area contributed by atoms with Crippen molar-refractivity contribution in [2.24, 2.45) is 5.92 Å². The van der Waals surface area contributed by atoms with Gasteiger partial charge in [0, 0.05) is 19.6 Å². The second-order valence-corrected chi connectivity index (χ2v) is 4.61. The average molecular weight is 262 g/mol. The Kier molecular flexibility index (Phi) is 4.48. The zero-order chi connectivity index (χ0) is 13.7. The summed E-state index contributed by atoms with van der Waals surface area (Å²) in [5.41, 5.74) is 0.583. The molecule has 2 unspecified atom stereocenters. The number of hydrogen-bond acceptors (Lipinski definition) is 3. The molecule has 1 aliphatic heterocycles. The maximum absolute atomic E-state index is 12.8. The van der Waals surface area contributed by atoms with Crippen molar-refractivity contribution in [2.45, 2.75) is 18.9 Å². The Morgan fingerprint density at radius 2 is 2.26 bits per heavy atom. The van der Waals surface area contributed by atoms with Crippen LogP contribution in [0.15, 0.2) is 24.3 Å². The fourth-order valence-electron chi connectivity index (χ4n) is 2.07. The van der Waals surface area contributed by atoms with E-state index in [4.69, 9.17) is 10.00 Å². The lowest BCUT2D eigenvalue weighted by Gasteiger charge is -2.13. The van der Waals surface area contributed by atoms with E-state index in [9.17, 15) is 9.18 Å². The maximum atomic E-state index is 12.8. The number of benzene rings is 1. The zero-order valence-corrected chi connectivity index (χ0v) is 10.4. The van der Waals surface area contributed by atoms with E-state index in [1.165, 1.54) is 24.3 Å². The van der Waals surface area contributed by atoms with Gasteiger partial charge >= 0.3 is 0 Å². The molecule has 0 aliphatic carbocycles. The topological polar surface area (TPSA) is 62.1 Å². The Labute approximate surface area is 111 Å². The quantitative estimate of drug-likeness (QED) is 0.901. The third-order valence-corrected chi connectivity index (χ3v) is 3.14. The SMILES string of the molecule is N#CC(NC(=O)CC1CCOC1)c1ccc(F)cc1. The smallest absolute Gasteiger partial charge is 0.221 e. The molecule has 100 valence electrons. The first-order valence-corrected chi connectivity index (χ1v) is 6.21. The number of nitriles is 1. The lowest BCUT2D eigenvalue weighted by Crippen LogP contribution is -2.29. The first kappa shape index (κ1) is 13.5. The van der Waals surface area contributed by atoms with Crippen LogP contribution in [0.1, 0.15) is 24.4 Å². The van der Waals surface area contributed by atoms with Gasteiger partial charge in [-0.25, -0.2) is 4.39 Å². The van der Waals surface area contributed by atoms with E-state index in [2.05, 4.69) is 5.32 Å². The summed E-state index contributed by atoms with van der Waals surface area (Å²) >= 11 is 0. The molecule has 1 heterocycles. The lowest BCUT2D eigenvalue weighted by atomic mass is 10.0. The Morgan fingerprint density at radius 1 is 1.53 bits per heavy atom. The summed E-state index contributed by atoms with van der Waals surface area (Å²) in [6.07, 6.45) is 1.24. The molecule has 19 heavy (non-hydrogen) atoms. The number of nitrogens with zero attached hydrogens (tertiary/aromatic N) is 1. The predicted molar refractivity (Wildman–Crippen MR) is 66.4 cm³/mol. The number of carbonyl (C=O) groups excluding carboxylic acids is 1. The van der Waals surface area contributed by atoms with Crippen LogP contribution >= 0.6 is 0 Å². The molecule has 1 aliphatic rings. The van der Waals surface area contributed by atoms with Crippen LogP contribution in [0.2, 0.25) is 0 Å². The van der Waals surface area contributed by atoms with Crippen molar-refractivity contribution >= 4 is 5.91 Å². The number of nitrogens with one attached hydrogen (secondary N) is 1. The Hall–Kier alpha value is -1.93. The zero-order valence-electron chi connectivity index (χ0n) is 10.4. The highest BCUT2D eigenvalue weighted by Gasteiger charge is 2.21. The van der Waals surface area contributed by atoms with Crippen LogP contribution in [-0.2, 0) is 9.53 Å². The van der Waals surface area contributed by atoms with Gasteiger partial charge in [-0.15, -0.1) is 0 Å². The van der Waals surface area contributed by atoms with Crippen LogP contribution in [0.25, 0.3) is 0 Å². The Bertz CT molecular complexity index is 475. The van der Waals surface area contributed by atoms with Crippen LogP contribution in [0, 0.1) is 23.1 Å². The number of ether oxygens (including phenoxy) is 1. The van der Waals surface area contributed by atoms with Gasteiger partial charge in [0.25, 0.3) is 0 Å². The standard InChI is InChI=1S/C14H15FN2O2/c15-12-3-1-11(2-4-12)13(8-16)17-14(18)7-10-5-6-19-9-10/h1-4,10,13H,5-7,9H2,(H,17,18). The fraction of sp³-hybridized carbons (Fsp3) is 0.429. The second-order valence-electron chi connectivity index (χ2n) is 4.61. The second kappa shape index (κ2) is 6.30. The van der Waals surface area contributed by atoms with Gasteiger partial charge in [-0.1, -0.05) is 12.1 Å². The van der Waals surface area contributed by atoms with Crippen molar-refractivity contribution < 1.29 is 13.9 Å². The number of halogens is 1. The Morgan fingerprint density at radius 3 is 2.84 bits per heavy atom. The van der Waals surface area contributed by atoms with Gasteiger partial charge in [-0.05, 0) is 30.0 Å². The molecule has 1 aromatic carbocycles. The summed E-state index contributed by atoms with van der Waals surface area (Å²) in [4.78, 5) is 11.8. The van der Waals surface area contributed by atoms with Crippen LogP contribution in [0.5, 0.6) is 0 Å². The molecule has 2 rings (SSSR count). The molecule has 1 amide bonds. The molecule has 1 N–H and O–H groups in total. The normalized spacial score (nSPS) is 19.7. The van der Waals surface area contributed by atoms with Crippen molar-refractivity contribution in [1.29, 1.82) is 5.26 Å². The van der Waals surface area contributed by atoms with Gasteiger partial charge in [-0.2, -0.15) is 5.26 Å². The molecule has 1 fully saturated rings. The third kappa shape index (κ3) is 3.76. The largest absolute Gasteiger partial charge is 0.381 e. The summed E-state index contributed by atoms with van der Waals surface area (Å²) in [6, 6.07) is 6.82. The fourth-order valence-corrected chi connectivity index (χ4v) is 2.07. The molecule has 0 bridgehead atoms. The van der Waals surface area contributed by atoms with E-state index in [0.717, 1.165) is 6.42 Å². The summed E-state index contributed by atoms with van der Waals surface area (Å²) in [5.74, 6) is -0.311. The van der Waals surface area contributed by atoms with Crippen LogP contribution in [0.3, 0.4) is 0 Å². The maximum Gasteiger partial charge on any atom is 0.221 e. The molecule has 1 aromatic rings. The number of amides is 1. The summed E-state index contributed by atoms with van der Waals surface area (Å²) < 4.78 is 18.0. The molecule has 0 spiro atoms. The lowest BCUT2D eigenvalue weighted by molar-refractivity contribution is -0.122. The third-order valence-electron chi connectivity index (χ3n) is 3.14. The minimum absolute atomic E-state index is 0.175. The number of rotatable bonds is 4. The van der Waals surface area contributed by atoms with Crippen molar-refractivity contribution in [3.63, 3.8) is 0 Å². The van der Waals surface area contributed by atoms with Gasteiger partial charge in [0.1, 0.15) is 11.9 Å². The molecule has 5 heteroatoms. The highest BCUT2D eigenvalue weighted by atomic mass is 19.1. The van der Waals surface area contributed by atoms with Crippen molar-refractivity contribution in [3.8, 4) is 6.07 Å². The molecule has 0 saturated carbocycles. The van der Waals surface area contributed by atoms with E-state index >= 15 is 0 Å². The molecule has 2 atom stereocenters. The molecule has 0 radical (unpaired) electrons. The monoisotopic (exact) mass is 262 g/mol. The van der Waals surface area contributed by atoms with Crippen molar-refractivity contribution in [2.75, 3.05) is 13.2 Å². The summed E-state index contributed by atoms with van der Waals surface area (Å²) in [6.45, 7) is 1.29.